The summed E-state index contributed by atoms with van der Waals surface area (Å²) in [7, 11) is 0. The van der Waals surface area contributed by atoms with Crippen LogP contribution in [-0.2, 0) is 0 Å². The van der Waals surface area contributed by atoms with Gasteiger partial charge >= 0.3 is 0 Å². The predicted octanol–water partition coefficient (Wildman–Crippen LogP) is 7.23. The minimum absolute atomic E-state index is 0.0307. The van der Waals surface area contributed by atoms with Crippen molar-refractivity contribution >= 4 is 0 Å². The van der Waals surface area contributed by atoms with Crippen molar-refractivity contribution in [2.24, 2.45) is 39.4 Å². The Labute approximate surface area is 197 Å². The molecule has 0 aromatic heterocycles. The minimum atomic E-state index is -0.726. The van der Waals surface area contributed by atoms with Crippen LogP contribution in [0.2, 0.25) is 0 Å². The third kappa shape index (κ3) is 3.42. The van der Waals surface area contributed by atoms with Crippen molar-refractivity contribution in [3.05, 3.63) is 35.5 Å². The number of fused-ring (bicyclic) bond motifs is 5. The van der Waals surface area contributed by atoms with Gasteiger partial charge in [-0.15, -0.1) is 0 Å². The monoisotopic (exact) mass is 440 g/mol. The first-order valence-electron chi connectivity index (χ1n) is 13.2. The van der Waals surface area contributed by atoms with Gasteiger partial charge in [0.2, 0.25) is 0 Å². The molecule has 2 saturated carbocycles. The van der Waals surface area contributed by atoms with Gasteiger partial charge in [-0.25, -0.2) is 0 Å². The van der Waals surface area contributed by atoms with Gasteiger partial charge in [-0.3, -0.25) is 0 Å². The highest BCUT2D eigenvalue weighted by atomic mass is 16.3. The fourth-order valence-electron chi connectivity index (χ4n) is 8.68. The second kappa shape index (κ2) is 7.57. The fraction of sp³-hybridized carbons (Fsp3) is 0.800. The lowest BCUT2D eigenvalue weighted by Gasteiger charge is -2.61. The lowest BCUT2D eigenvalue weighted by atomic mass is 9.44. The zero-order valence-corrected chi connectivity index (χ0v) is 22.0. The zero-order valence-electron chi connectivity index (χ0n) is 22.0. The predicted molar refractivity (Wildman–Crippen MR) is 134 cm³/mol. The SMILES string of the molecule is C[C@H](C/C=C/C(C)(C)O)[C@@H]1CC[C@]2(C)C3=CC[C@@H]4C(C)(C)[C@@H](O)CC[C@]4(C)C3=CC[C@@]12C. The number of rotatable bonds is 4. The van der Waals surface area contributed by atoms with E-state index in [1.165, 1.54) is 19.3 Å². The molecular weight excluding hydrogens is 392 g/mol. The zero-order chi connectivity index (χ0) is 23.7. The summed E-state index contributed by atoms with van der Waals surface area (Å²) in [6, 6.07) is 0. The molecule has 2 heteroatoms. The number of hydrogen-bond acceptors (Lipinski definition) is 2. The van der Waals surface area contributed by atoms with Gasteiger partial charge in [0.1, 0.15) is 0 Å². The van der Waals surface area contributed by atoms with Crippen LogP contribution >= 0.6 is 0 Å². The van der Waals surface area contributed by atoms with E-state index in [1.807, 2.05) is 19.9 Å². The Hall–Kier alpha value is -0.860. The molecule has 0 amide bonds. The van der Waals surface area contributed by atoms with Gasteiger partial charge in [0.05, 0.1) is 11.7 Å². The molecule has 180 valence electrons. The Morgan fingerprint density at radius 3 is 2.41 bits per heavy atom. The van der Waals surface area contributed by atoms with Crippen molar-refractivity contribution in [2.45, 2.75) is 112 Å². The molecule has 4 aliphatic carbocycles. The molecule has 32 heavy (non-hydrogen) atoms. The third-order valence-corrected chi connectivity index (χ3v) is 11.0. The molecule has 2 fully saturated rings. The van der Waals surface area contributed by atoms with Crippen molar-refractivity contribution in [3.8, 4) is 0 Å². The van der Waals surface area contributed by atoms with Gasteiger partial charge in [0.15, 0.2) is 0 Å². The molecule has 0 aromatic rings. The van der Waals surface area contributed by atoms with Crippen LogP contribution in [0.5, 0.6) is 0 Å². The Morgan fingerprint density at radius 2 is 1.75 bits per heavy atom. The molecule has 7 atom stereocenters. The maximum Gasteiger partial charge on any atom is 0.0771 e. The van der Waals surface area contributed by atoms with E-state index in [9.17, 15) is 10.2 Å². The van der Waals surface area contributed by atoms with E-state index in [0.29, 0.717) is 17.8 Å². The summed E-state index contributed by atoms with van der Waals surface area (Å²) in [6.07, 6.45) is 17.1. The Morgan fingerprint density at radius 1 is 1.06 bits per heavy atom. The second-order valence-corrected chi connectivity index (χ2v) is 13.7. The van der Waals surface area contributed by atoms with Crippen LogP contribution in [0, 0.1) is 39.4 Å². The number of allylic oxidation sites excluding steroid dienone is 5. The first kappa shape index (κ1) is 24.3. The highest BCUT2D eigenvalue weighted by molar-refractivity contribution is 5.49. The topological polar surface area (TPSA) is 40.5 Å². The van der Waals surface area contributed by atoms with Crippen molar-refractivity contribution in [1.82, 2.24) is 0 Å². The molecule has 0 spiro atoms. The van der Waals surface area contributed by atoms with Gasteiger partial charge in [0.25, 0.3) is 0 Å². The lowest BCUT2D eigenvalue weighted by molar-refractivity contribution is -0.0850. The Balaban J connectivity index is 1.65. The highest BCUT2D eigenvalue weighted by Gasteiger charge is 2.62. The van der Waals surface area contributed by atoms with Crippen molar-refractivity contribution < 1.29 is 10.2 Å². The van der Waals surface area contributed by atoms with E-state index in [0.717, 1.165) is 25.7 Å². The summed E-state index contributed by atoms with van der Waals surface area (Å²) in [5.74, 6) is 1.84. The van der Waals surface area contributed by atoms with E-state index in [1.54, 1.807) is 11.1 Å². The lowest BCUT2D eigenvalue weighted by Crippen LogP contribution is -2.54. The first-order chi connectivity index (χ1) is 14.7. The molecule has 2 N–H and O–H groups in total. The van der Waals surface area contributed by atoms with Crippen LogP contribution in [-0.4, -0.2) is 21.9 Å². The number of hydrogen-bond donors (Lipinski definition) is 2. The highest BCUT2D eigenvalue weighted by Crippen LogP contribution is 2.71. The maximum atomic E-state index is 10.8. The summed E-state index contributed by atoms with van der Waals surface area (Å²) in [4.78, 5) is 0. The van der Waals surface area contributed by atoms with Crippen LogP contribution in [0.15, 0.2) is 35.5 Å². The van der Waals surface area contributed by atoms with Crippen molar-refractivity contribution in [1.29, 1.82) is 0 Å². The van der Waals surface area contributed by atoms with E-state index >= 15 is 0 Å². The molecular formula is C30H48O2. The molecule has 0 aromatic carbocycles. The van der Waals surface area contributed by atoms with E-state index in [2.05, 4.69) is 59.8 Å². The molecule has 0 aliphatic heterocycles. The molecule has 0 heterocycles. The average molecular weight is 441 g/mol. The van der Waals surface area contributed by atoms with Gasteiger partial charge < -0.3 is 10.2 Å². The van der Waals surface area contributed by atoms with Gasteiger partial charge in [-0.05, 0) is 109 Å². The molecule has 2 nitrogen and oxygen atoms in total. The molecule has 0 bridgehead atoms. The van der Waals surface area contributed by atoms with E-state index in [-0.39, 0.29) is 27.8 Å². The van der Waals surface area contributed by atoms with Crippen LogP contribution in [0.1, 0.15) is 100 Å². The molecule has 0 radical (unpaired) electrons. The molecule has 0 saturated heterocycles. The van der Waals surface area contributed by atoms with Crippen LogP contribution in [0.4, 0.5) is 0 Å². The maximum absolute atomic E-state index is 10.8. The number of aliphatic hydroxyl groups is 2. The van der Waals surface area contributed by atoms with Gasteiger partial charge in [-0.1, -0.05) is 65.8 Å². The van der Waals surface area contributed by atoms with Gasteiger partial charge in [-0.2, -0.15) is 0 Å². The van der Waals surface area contributed by atoms with Crippen LogP contribution in [0.3, 0.4) is 0 Å². The van der Waals surface area contributed by atoms with Crippen molar-refractivity contribution in [2.75, 3.05) is 0 Å². The first-order valence-corrected chi connectivity index (χ1v) is 13.2. The summed E-state index contributed by atoms with van der Waals surface area (Å²) >= 11 is 0. The van der Waals surface area contributed by atoms with Gasteiger partial charge in [0, 0.05) is 0 Å². The van der Waals surface area contributed by atoms with Crippen molar-refractivity contribution in [3.63, 3.8) is 0 Å². The molecule has 4 rings (SSSR count). The largest absolute Gasteiger partial charge is 0.393 e. The Kier molecular flexibility index (Phi) is 5.74. The van der Waals surface area contributed by atoms with Crippen LogP contribution < -0.4 is 0 Å². The smallest absolute Gasteiger partial charge is 0.0771 e. The second-order valence-electron chi connectivity index (χ2n) is 13.7. The fourth-order valence-corrected chi connectivity index (χ4v) is 8.68. The normalized spacial score (nSPS) is 44.4. The molecule has 0 unspecified atom stereocenters. The summed E-state index contributed by atoms with van der Waals surface area (Å²) in [6.45, 7) is 18.4. The molecule has 4 aliphatic rings. The minimum Gasteiger partial charge on any atom is -0.393 e. The summed E-state index contributed by atoms with van der Waals surface area (Å²) in [5, 5.41) is 20.8. The third-order valence-electron chi connectivity index (χ3n) is 11.0. The summed E-state index contributed by atoms with van der Waals surface area (Å²) in [5.41, 5.74) is 3.24. The van der Waals surface area contributed by atoms with Crippen LogP contribution in [0.25, 0.3) is 0 Å². The summed E-state index contributed by atoms with van der Waals surface area (Å²) < 4.78 is 0. The Bertz CT molecular complexity index is 839. The quantitative estimate of drug-likeness (QED) is 0.453. The van der Waals surface area contributed by atoms with E-state index in [4.69, 9.17) is 0 Å². The average Bonchev–Trinajstić information content (AvgIpc) is 2.96. The van der Waals surface area contributed by atoms with E-state index < -0.39 is 5.60 Å². The number of aliphatic hydroxyl groups excluding tert-OH is 1. The standard InChI is InChI=1S/C30H48O2/c1-20(10-9-16-26(2,3)32)21-13-18-30(8)23-11-12-24-27(4,5)25(31)15-17-28(24,6)22(23)14-19-29(21,30)7/h9,11,14,16,20-21,24-25,31-32H,10,12-13,15,17-19H2,1-8H3/b16-9+/t20-,21+,24-,25+,28-,29+,30-/m1/s1.